The minimum absolute atomic E-state index is 0.356. The van der Waals surface area contributed by atoms with Gasteiger partial charge >= 0.3 is 0 Å². The van der Waals surface area contributed by atoms with Crippen molar-refractivity contribution in [3.8, 4) is 33.4 Å². The molecule has 0 aliphatic heterocycles. The second-order valence-electron chi connectivity index (χ2n) is 13.4. The monoisotopic (exact) mass is 667 g/mol. The van der Waals surface area contributed by atoms with Gasteiger partial charge in [0.05, 0.1) is 11.1 Å². The van der Waals surface area contributed by atoms with E-state index < -0.39 is 0 Å². The van der Waals surface area contributed by atoms with Crippen LogP contribution in [0.4, 0.5) is 0 Å². The van der Waals surface area contributed by atoms with E-state index in [1.807, 2.05) is 17.6 Å². The molecule has 0 bridgehead atoms. The summed E-state index contributed by atoms with van der Waals surface area (Å²) in [7, 11) is 0. The maximum absolute atomic E-state index is 5.07. The minimum Gasteiger partial charge on any atom is -0.256 e. The Balaban J connectivity index is 1.10. The van der Waals surface area contributed by atoms with Gasteiger partial charge < -0.3 is 0 Å². The lowest BCUT2D eigenvalue weighted by Crippen LogP contribution is -2.24. The average Bonchev–Trinajstić information content (AvgIpc) is 3.82. The van der Waals surface area contributed by atoms with Gasteiger partial charge in [0.15, 0.2) is 0 Å². The van der Waals surface area contributed by atoms with Crippen molar-refractivity contribution in [2.75, 3.05) is 0 Å². The highest BCUT2D eigenvalue weighted by Crippen LogP contribution is 2.66. The molecule has 1 nitrogen and oxygen atoms in total. The summed E-state index contributed by atoms with van der Waals surface area (Å²) in [4.78, 5) is 6.50. The van der Waals surface area contributed by atoms with Crippen LogP contribution >= 0.6 is 11.3 Å². The zero-order chi connectivity index (χ0) is 33.8. The van der Waals surface area contributed by atoms with E-state index in [4.69, 9.17) is 4.99 Å². The molecule has 1 aromatic heterocycles. The van der Waals surface area contributed by atoms with E-state index in [-0.39, 0.29) is 5.41 Å². The van der Waals surface area contributed by atoms with Gasteiger partial charge in [-0.25, -0.2) is 0 Å². The molecule has 1 heterocycles. The number of rotatable bonds is 6. The first kappa shape index (κ1) is 29.8. The molecule has 51 heavy (non-hydrogen) atoms. The van der Waals surface area contributed by atoms with Crippen LogP contribution in [0.25, 0.3) is 49.2 Å². The minimum atomic E-state index is -0.356. The number of hydrogen-bond acceptors (Lipinski definition) is 2. The van der Waals surface area contributed by atoms with Crippen molar-refractivity contribution in [1.82, 2.24) is 0 Å². The van der Waals surface area contributed by atoms with Gasteiger partial charge in [0, 0.05) is 26.7 Å². The van der Waals surface area contributed by atoms with Gasteiger partial charge in [0.25, 0.3) is 0 Å². The maximum atomic E-state index is 5.07. The van der Waals surface area contributed by atoms with Gasteiger partial charge in [0.2, 0.25) is 0 Å². The summed E-state index contributed by atoms with van der Waals surface area (Å²) in [6.45, 7) is 0. The number of nitrogens with zero attached hydrogens (tertiary/aromatic N) is 1. The Kier molecular flexibility index (Phi) is 7.04. The van der Waals surface area contributed by atoms with Crippen LogP contribution in [-0.4, -0.2) is 6.21 Å². The van der Waals surface area contributed by atoms with Gasteiger partial charge in [0.1, 0.15) is 0 Å². The highest BCUT2D eigenvalue weighted by atomic mass is 32.1. The van der Waals surface area contributed by atoms with E-state index in [9.17, 15) is 0 Å². The van der Waals surface area contributed by atoms with Crippen LogP contribution in [0.2, 0.25) is 0 Å². The maximum Gasteiger partial charge on any atom is 0.0819 e. The van der Waals surface area contributed by atoms with E-state index >= 15 is 0 Å². The summed E-state index contributed by atoms with van der Waals surface area (Å²) in [5, 5.41) is 1.35. The van der Waals surface area contributed by atoms with E-state index in [0.717, 1.165) is 23.2 Å². The third-order valence-corrected chi connectivity index (χ3v) is 11.9. The number of thiophene rings is 1. The standard InChI is InChI=1S/C49H33NS/c1-3-14-33(15-4-1)26-29-45(35-17-5-2-6-18-35)50-32-34-16-13-19-36(30-34)37-27-28-40-44(31-37)49(48-47(40)41-22-9-12-25-46(41)51-48)42-23-10-7-20-38(42)39-21-8-11-24-43(39)49/h1-25,27-32H,26H2/b45-29-,50-32?. The lowest BCUT2D eigenvalue weighted by Gasteiger charge is -2.29. The van der Waals surface area contributed by atoms with Crippen molar-refractivity contribution in [1.29, 1.82) is 0 Å². The van der Waals surface area contributed by atoms with E-state index in [1.54, 1.807) is 0 Å². The average molecular weight is 668 g/mol. The van der Waals surface area contributed by atoms with Crippen molar-refractivity contribution < 1.29 is 0 Å². The molecule has 240 valence electrons. The quantitative estimate of drug-likeness (QED) is 0.157. The zero-order valence-corrected chi connectivity index (χ0v) is 28.8. The number of benzene rings is 7. The van der Waals surface area contributed by atoms with Gasteiger partial charge in [-0.3, -0.25) is 4.99 Å². The number of aliphatic imine (C=N–C) groups is 1. The smallest absolute Gasteiger partial charge is 0.0819 e. The van der Waals surface area contributed by atoms with Gasteiger partial charge in [-0.05, 0) is 85.8 Å². The molecular formula is C49H33NS. The van der Waals surface area contributed by atoms with Crippen LogP contribution < -0.4 is 0 Å². The van der Waals surface area contributed by atoms with Crippen molar-refractivity contribution in [2.24, 2.45) is 4.99 Å². The summed E-state index contributed by atoms with van der Waals surface area (Å²) in [5.41, 5.74) is 16.0. The van der Waals surface area contributed by atoms with Gasteiger partial charge in [-0.1, -0.05) is 164 Å². The highest BCUT2D eigenvalue weighted by Gasteiger charge is 2.53. The Morgan fingerprint density at radius 1 is 0.549 bits per heavy atom. The van der Waals surface area contributed by atoms with E-state index in [2.05, 4.69) is 182 Å². The first-order chi connectivity index (χ1) is 25.3. The molecule has 2 aliphatic rings. The molecule has 0 amide bonds. The highest BCUT2D eigenvalue weighted by molar-refractivity contribution is 7.20. The predicted octanol–water partition coefficient (Wildman–Crippen LogP) is 12.6. The molecule has 2 heteroatoms. The molecule has 2 aliphatic carbocycles. The Morgan fingerprint density at radius 3 is 2.00 bits per heavy atom. The van der Waals surface area contributed by atoms with Crippen LogP contribution in [-0.2, 0) is 11.8 Å². The summed E-state index contributed by atoms with van der Waals surface area (Å²) in [5.74, 6) is 0. The van der Waals surface area contributed by atoms with E-state index in [1.165, 1.54) is 70.6 Å². The van der Waals surface area contributed by atoms with Crippen LogP contribution in [0.15, 0.2) is 187 Å². The second kappa shape index (κ2) is 12.1. The Morgan fingerprint density at radius 2 is 1.22 bits per heavy atom. The molecule has 0 fully saturated rings. The largest absolute Gasteiger partial charge is 0.256 e. The molecule has 0 radical (unpaired) electrons. The molecule has 8 aromatic rings. The summed E-state index contributed by atoms with van der Waals surface area (Å²) in [6, 6.07) is 64.0. The molecule has 0 saturated carbocycles. The third-order valence-electron chi connectivity index (χ3n) is 10.6. The van der Waals surface area contributed by atoms with Crippen molar-refractivity contribution in [3.05, 3.63) is 220 Å². The summed E-state index contributed by atoms with van der Waals surface area (Å²) < 4.78 is 1.35. The SMILES string of the molecule is C(=N/C(=C\Cc1ccccc1)c1ccccc1)c1cccc(-c2ccc3c(c2)C2(c4ccccc4-c4ccccc42)c2sc4ccccc4c2-3)c1. The number of allylic oxidation sites excluding steroid dienone is 1. The van der Waals surface area contributed by atoms with Crippen LogP contribution in [0.1, 0.15) is 38.3 Å². The fourth-order valence-corrected chi connectivity index (χ4v) is 9.80. The summed E-state index contributed by atoms with van der Waals surface area (Å²) >= 11 is 1.96. The Bertz CT molecular complexity index is 2610. The number of hydrogen-bond donors (Lipinski definition) is 0. The molecule has 10 rings (SSSR count). The molecule has 0 atom stereocenters. The summed E-state index contributed by atoms with van der Waals surface area (Å²) in [6.07, 6.45) is 5.06. The third kappa shape index (κ3) is 4.71. The first-order valence-electron chi connectivity index (χ1n) is 17.6. The molecule has 0 N–H and O–H groups in total. The molecular weight excluding hydrogens is 635 g/mol. The Hall–Kier alpha value is -6.09. The zero-order valence-electron chi connectivity index (χ0n) is 28.0. The molecule has 0 saturated heterocycles. The van der Waals surface area contributed by atoms with Crippen molar-refractivity contribution >= 4 is 33.3 Å². The number of fused-ring (bicyclic) bond motifs is 12. The van der Waals surface area contributed by atoms with E-state index in [0.29, 0.717) is 0 Å². The lowest BCUT2D eigenvalue weighted by molar-refractivity contribution is 0.812. The predicted molar refractivity (Wildman–Crippen MR) is 216 cm³/mol. The van der Waals surface area contributed by atoms with Crippen LogP contribution in [0.3, 0.4) is 0 Å². The first-order valence-corrected chi connectivity index (χ1v) is 18.4. The lowest BCUT2D eigenvalue weighted by atomic mass is 9.73. The topological polar surface area (TPSA) is 12.4 Å². The Labute approximate surface area is 302 Å². The molecule has 7 aromatic carbocycles. The molecule has 1 spiro atoms. The normalized spacial score (nSPS) is 13.8. The van der Waals surface area contributed by atoms with Crippen LogP contribution in [0.5, 0.6) is 0 Å². The van der Waals surface area contributed by atoms with Crippen molar-refractivity contribution in [3.63, 3.8) is 0 Å². The fourth-order valence-electron chi connectivity index (χ4n) is 8.35. The van der Waals surface area contributed by atoms with Gasteiger partial charge in [-0.15, -0.1) is 11.3 Å². The van der Waals surface area contributed by atoms with Crippen molar-refractivity contribution in [2.45, 2.75) is 11.8 Å². The second-order valence-corrected chi connectivity index (χ2v) is 14.5. The fraction of sp³-hybridized carbons (Fsp3) is 0.0408. The van der Waals surface area contributed by atoms with Crippen LogP contribution in [0, 0.1) is 0 Å². The van der Waals surface area contributed by atoms with Gasteiger partial charge in [-0.2, -0.15) is 0 Å². The molecule has 0 unspecified atom stereocenters.